The molecule has 11 aromatic heterocycles. The van der Waals surface area contributed by atoms with Crippen LogP contribution >= 0.6 is 141 Å². The molecule has 6 N–H and O–H groups in total. The number of aliphatic hydroxyl groups excluding tert-OH is 2. The largest absolute Gasteiger partial charge is 0.488 e. The van der Waals surface area contributed by atoms with E-state index < -0.39 is 112 Å². The highest BCUT2D eigenvalue weighted by molar-refractivity contribution is 9.11. The average Bonchev–Trinajstić information content (AvgIpc) is 0.828. The monoisotopic (exact) mass is 1980 g/mol. The number of halogens is 20. The summed E-state index contributed by atoms with van der Waals surface area (Å²) in [5.41, 5.74) is 4.16. The maximum absolute atomic E-state index is 13.5. The number of Topliss-reactive ketones (excluding diaryl/α,β-unsaturated/α-hetero) is 1. The van der Waals surface area contributed by atoms with Gasteiger partial charge in [-0.3, -0.25) is 60.4 Å². The Balaban J connectivity index is 0.000000211. The van der Waals surface area contributed by atoms with Gasteiger partial charge in [-0.15, -0.1) is 34.8 Å². The van der Waals surface area contributed by atoms with Crippen molar-refractivity contribution in [3.8, 4) is 11.1 Å². The predicted molar refractivity (Wildman–Crippen MR) is 429 cm³/mol. The molecule has 0 aliphatic rings. The first-order valence-electron chi connectivity index (χ1n) is 31.8. The number of carbonyl (C=O) groups is 3. The Labute approximate surface area is 715 Å². The number of nitrogens with two attached hydrogens (primary N) is 1. The molecule has 0 fully saturated rings. The summed E-state index contributed by atoms with van der Waals surface area (Å²) in [6.07, 6.45) is 5.63. The molecule has 616 valence electrons. The van der Waals surface area contributed by atoms with E-state index in [1.807, 2.05) is 0 Å². The Bertz CT molecular complexity index is 6110. The van der Waals surface area contributed by atoms with Crippen LogP contribution < -0.4 is 39.0 Å². The number of nitrogen functional groups attached to an aromatic ring is 1. The number of benzene rings is 2. The van der Waals surface area contributed by atoms with Gasteiger partial charge < -0.3 is 35.5 Å². The molecule has 0 radical (unpaired) electrons. The van der Waals surface area contributed by atoms with Gasteiger partial charge in [0.25, 0.3) is 27.8 Å². The van der Waals surface area contributed by atoms with Gasteiger partial charge in [-0.1, -0.05) is 82.3 Å². The van der Waals surface area contributed by atoms with Crippen LogP contribution in [0.1, 0.15) is 48.7 Å². The van der Waals surface area contributed by atoms with Crippen molar-refractivity contribution in [2.45, 2.75) is 51.8 Å². The normalized spacial score (nSPS) is 10.5. The quantitative estimate of drug-likeness (QED) is 0.0249. The molecular formula is C70H49BBr3Cl8F9N12O14. The zero-order valence-corrected chi connectivity index (χ0v) is 69.6. The van der Waals surface area contributed by atoms with Crippen molar-refractivity contribution in [2.75, 3.05) is 18.2 Å². The van der Waals surface area contributed by atoms with Gasteiger partial charge in [-0.25, -0.2) is 69.4 Å². The number of aliphatic hydroxyl groups is 2. The van der Waals surface area contributed by atoms with Gasteiger partial charge >= 0.3 is 19.1 Å². The SMILES string of the molecule is CC(=O)OCc1nc2c(Cl)cc(F)cn2c(=O)c1Br.CCOC(=O)CC(=O)CCl.Nc1ncc(F)cc1Cl.O=c1c(-c2cccc(F)c2)c(CO)nc2c(Cl)cc(F)cn12.O=c1c(Br)c(CCl)nc2c(Cl)cc(F)cn12.O=c1c(Br)c(CO)nc2c(F)cc(F)cn12.O=c1cc(CCl)nc2c(Cl)cc(F)cn12.OB(O)c1cccc(F)c1. The smallest absolute Gasteiger partial charge is 0.466 e. The van der Waals surface area contributed by atoms with E-state index in [4.69, 9.17) is 118 Å². The Kier molecular flexibility index (Phi) is 37.3. The number of nitrogens with zero attached hydrogens (tertiary/aromatic N) is 11. The summed E-state index contributed by atoms with van der Waals surface area (Å²) >= 11 is 54.0. The van der Waals surface area contributed by atoms with Gasteiger partial charge in [-0.2, -0.15) is 0 Å². The minimum absolute atomic E-state index is 0.00108. The summed E-state index contributed by atoms with van der Waals surface area (Å²) in [5.74, 6) is -6.98. The summed E-state index contributed by atoms with van der Waals surface area (Å²) in [4.78, 5) is 115. The maximum atomic E-state index is 13.5. The van der Waals surface area contributed by atoms with Crippen molar-refractivity contribution in [3.63, 3.8) is 0 Å². The molecular weight excluding hydrogens is 1940 g/mol. The van der Waals surface area contributed by atoms with Crippen LogP contribution in [0.3, 0.4) is 0 Å². The lowest BCUT2D eigenvalue weighted by Gasteiger charge is -2.10. The molecule has 11 heterocycles. The fourth-order valence-corrected chi connectivity index (χ4v) is 12.0. The summed E-state index contributed by atoms with van der Waals surface area (Å²) in [6, 6.07) is 17.7. The van der Waals surface area contributed by atoms with Crippen LogP contribution in [0.5, 0.6) is 0 Å². The molecule has 0 atom stereocenters. The molecule has 13 aromatic rings. The molecule has 26 nitrogen and oxygen atoms in total. The standard InChI is InChI=1S/C15H9ClF2N2O2.C11H7BrClFN2O3.C9H4BrCl2FN2O.C9H5BrF2N2O2.C9H5Cl2FN2O.C6H6BFO2.C6H9ClO3.C5H4ClFN2/c16-11-5-10(18)6-20-14(11)19-12(7-21)13(15(20)22)8-2-1-3-9(17)4-8;1-5(17)19-4-8-9(12)11(18)16-3-6(14)2-7(13)10(16)15-8;10-7-6(2-11)14-8-5(12)1-4(13)3-15(8)9(7)16;10-7-6(3-15)13-8-5(12)1-4(11)2-14(8)9(7)16;10-3-6-2-8(15)14-4-5(12)1-7(11)9(14)13-6;8-6-3-1-2-5(4-6)7(9)10;1-2-10-6(9)3-5(8)4-7;6-4-1-3(7)2-9-5(4)8/h1-6,21H,7H2;2-3H,4H2,1H3;1,3H,2H2;1-2,15H,3H2;1-2,4H,3H2;1-4,9-10H;2-4H2,1H3;1-2H,(H2,8,9). The lowest BCUT2D eigenvalue weighted by atomic mass is 9.80. The van der Waals surface area contributed by atoms with Crippen LogP contribution in [-0.4, -0.2) is 109 Å². The molecule has 0 aliphatic heterocycles. The Morgan fingerprint density at radius 3 is 1.36 bits per heavy atom. The average molecular weight is 1990 g/mol. The molecule has 0 saturated heterocycles. The van der Waals surface area contributed by atoms with Crippen molar-refractivity contribution in [3.05, 3.63) is 299 Å². The van der Waals surface area contributed by atoms with Crippen LogP contribution in [0.25, 0.3) is 39.4 Å². The number of esters is 2. The Morgan fingerprint density at radius 1 is 0.496 bits per heavy atom. The first kappa shape index (κ1) is 96.7. The van der Waals surface area contributed by atoms with Gasteiger partial charge in [0, 0.05) is 43.8 Å². The highest BCUT2D eigenvalue weighted by Gasteiger charge is 2.21. The third-order valence-corrected chi connectivity index (χ3v) is 18.7. The minimum Gasteiger partial charge on any atom is -0.466 e. The van der Waals surface area contributed by atoms with Gasteiger partial charge in [0.05, 0.1) is 103 Å². The third-order valence-electron chi connectivity index (χ3n) is 14.1. The number of hydrogen-bond acceptors (Lipinski definition) is 21. The second-order valence-corrected chi connectivity index (χ2v) is 27.6. The molecule has 0 bridgehead atoms. The second-order valence-electron chi connectivity index (χ2n) is 22.3. The zero-order chi connectivity index (χ0) is 87.1. The Morgan fingerprint density at radius 2 is 0.923 bits per heavy atom. The fourth-order valence-electron chi connectivity index (χ4n) is 9.05. The number of hydrogen-bond donors (Lipinski definition) is 5. The van der Waals surface area contributed by atoms with E-state index in [-0.39, 0.29) is 143 Å². The molecule has 13 rings (SSSR count). The van der Waals surface area contributed by atoms with Crippen LogP contribution in [0.4, 0.5) is 45.3 Å². The van der Waals surface area contributed by atoms with E-state index in [1.54, 1.807) is 6.92 Å². The van der Waals surface area contributed by atoms with Crippen LogP contribution in [0.2, 0.25) is 25.1 Å². The molecule has 2 aromatic carbocycles. The minimum atomic E-state index is -1.59. The number of rotatable bonds is 12. The van der Waals surface area contributed by atoms with E-state index in [9.17, 15) is 83.0 Å². The van der Waals surface area contributed by atoms with Gasteiger partial charge in [0.2, 0.25) is 0 Å². The van der Waals surface area contributed by atoms with Crippen molar-refractivity contribution < 1.29 is 83.6 Å². The molecule has 0 saturated carbocycles. The second kappa shape index (κ2) is 45.1. The number of aromatic nitrogens is 11. The molecule has 47 heteroatoms. The van der Waals surface area contributed by atoms with E-state index >= 15 is 0 Å². The number of carbonyl (C=O) groups excluding carboxylic acids is 3. The number of ketones is 1. The number of ether oxygens (including phenoxy) is 2. The Hall–Kier alpha value is -9.17. The molecule has 0 aliphatic carbocycles. The van der Waals surface area contributed by atoms with Crippen LogP contribution in [0, 0.1) is 52.4 Å². The van der Waals surface area contributed by atoms with Crippen molar-refractivity contribution >= 4 is 205 Å². The van der Waals surface area contributed by atoms with Crippen molar-refractivity contribution in [2.24, 2.45) is 0 Å². The summed E-state index contributed by atoms with van der Waals surface area (Å²) in [7, 11) is -1.59. The highest BCUT2D eigenvalue weighted by Crippen LogP contribution is 2.26. The highest BCUT2D eigenvalue weighted by atomic mass is 79.9. The van der Waals surface area contributed by atoms with Crippen LogP contribution in [-0.2, 0) is 55.4 Å². The first-order chi connectivity index (χ1) is 55.2. The fraction of sp³-hybridized carbons (Fsp3) is 0.143. The molecule has 0 amide bonds. The topological polar surface area (TPSA) is 361 Å². The van der Waals surface area contributed by atoms with Crippen molar-refractivity contribution in [1.82, 2.24) is 51.9 Å². The number of alkyl halides is 3. The molecule has 0 unspecified atom stereocenters. The van der Waals surface area contributed by atoms with Gasteiger partial charge in [0.15, 0.2) is 39.8 Å². The lowest BCUT2D eigenvalue weighted by Crippen LogP contribution is -2.29. The van der Waals surface area contributed by atoms with E-state index in [2.05, 4.69) is 82.4 Å². The van der Waals surface area contributed by atoms with Crippen molar-refractivity contribution in [1.29, 1.82) is 0 Å². The summed E-state index contributed by atoms with van der Waals surface area (Å²) in [6.45, 7) is 2.01. The lowest BCUT2D eigenvalue weighted by molar-refractivity contribution is -0.145. The van der Waals surface area contributed by atoms with Gasteiger partial charge in [0.1, 0.15) is 84.5 Å². The van der Waals surface area contributed by atoms with Gasteiger partial charge in [-0.05, 0) is 120 Å². The zero-order valence-electron chi connectivity index (χ0n) is 58.8. The molecule has 117 heavy (non-hydrogen) atoms. The third kappa shape index (κ3) is 26.7. The first-order valence-corrected chi connectivity index (χ1v) is 37.7. The number of anilines is 1. The molecule has 0 spiro atoms. The summed E-state index contributed by atoms with van der Waals surface area (Å²) < 4.78 is 131. The van der Waals surface area contributed by atoms with E-state index in [0.29, 0.717) is 24.1 Å². The van der Waals surface area contributed by atoms with Crippen LogP contribution in [0.15, 0.2) is 166 Å². The van der Waals surface area contributed by atoms with E-state index in [1.165, 1.54) is 49.4 Å². The summed E-state index contributed by atoms with van der Waals surface area (Å²) in [5, 5.41) is 35.7. The van der Waals surface area contributed by atoms with E-state index in [0.717, 1.165) is 102 Å². The number of pyridine rings is 6. The number of fused-ring (bicyclic) bond motifs is 5. The predicted octanol–water partition coefficient (Wildman–Crippen LogP) is 13.2. The maximum Gasteiger partial charge on any atom is 0.488 e.